The Kier molecular flexibility index (Phi) is 6.22. The van der Waals surface area contributed by atoms with Crippen molar-refractivity contribution in [1.82, 2.24) is 9.97 Å². The molecule has 0 bridgehead atoms. The van der Waals surface area contributed by atoms with Crippen molar-refractivity contribution in [1.29, 1.82) is 0 Å². The molecule has 6 nitrogen and oxygen atoms in total. The highest BCUT2D eigenvalue weighted by molar-refractivity contribution is 6.00. The number of hydrogen-bond donors (Lipinski definition) is 1. The quantitative estimate of drug-likeness (QED) is 0.407. The fraction of sp³-hybridized carbons (Fsp3) is 0.154. The third kappa shape index (κ3) is 4.49. The van der Waals surface area contributed by atoms with E-state index in [2.05, 4.69) is 10.3 Å². The van der Waals surface area contributed by atoms with E-state index in [4.69, 9.17) is 9.72 Å². The zero-order valence-electron chi connectivity index (χ0n) is 17.9. The molecule has 0 spiro atoms. The van der Waals surface area contributed by atoms with E-state index in [0.717, 1.165) is 0 Å². The minimum Gasteiger partial charge on any atom is -0.464 e. The molecule has 0 saturated carbocycles. The summed E-state index contributed by atoms with van der Waals surface area (Å²) in [7, 11) is 0. The number of nitrogens with one attached hydrogen (secondary N) is 1. The molecule has 1 amide bonds. The number of hydrogen-bond acceptors (Lipinski definition) is 5. The molecule has 0 unspecified atom stereocenters. The van der Waals surface area contributed by atoms with Gasteiger partial charge in [-0.2, -0.15) is 0 Å². The van der Waals surface area contributed by atoms with Crippen molar-refractivity contribution < 1.29 is 14.3 Å². The van der Waals surface area contributed by atoms with E-state index in [0.29, 0.717) is 40.0 Å². The van der Waals surface area contributed by atoms with Gasteiger partial charge in [0.1, 0.15) is 5.69 Å². The first-order chi connectivity index (χ1) is 15.6. The van der Waals surface area contributed by atoms with Crippen LogP contribution in [0.4, 0.5) is 5.69 Å². The molecular formula is C26H23N3O3. The van der Waals surface area contributed by atoms with Crippen LogP contribution in [0.3, 0.4) is 0 Å². The van der Waals surface area contributed by atoms with E-state index >= 15 is 0 Å². The average molecular weight is 425 g/mol. The van der Waals surface area contributed by atoms with E-state index in [1.807, 2.05) is 67.6 Å². The van der Waals surface area contributed by atoms with Gasteiger partial charge in [-0.25, -0.2) is 9.97 Å². The van der Waals surface area contributed by atoms with E-state index < -0.39 is 6.10 Å². The molecule has 0 aliphatic heterocycles. The maximum atomic E-state index is 13.1. The zero-order valence-corrected chi connectivity index (χ0v) is 17.9. The first kappa shape index (κ1) is 21.2. The van der Waals surface area contributed by atoms with Crippen molar-refractivity contribution in [3.8, 4) is 17.1 Å². The lowest BCUT2D eigenvalue weighted by Crippen LogP contribution is -2.27. The predicted octanol–water partition coefficient (Wildman–Crippen LogP) is 5.30. The lowest BCUT2D eigenvalue weighted by molar-refractivity contribution is -0.114. The summed E-state index contributed by atoms with van der Waals surface area (Å²) < 4.78 is 6.20. The number of amides is 1. The van der Waals surface area contributed by atoms with Gasteiger partial charge in [0.15, 0.2) is 6.10 Å². The van der Waals surface area contributed by atoms with Crippen LogP contribution in [-0.2, 0) is 4.79 Å². The molecule has 0 aliphatic carbocycles. The lowest BCUT2D eigenvalue weighted by Gasteiger charge is -2.19. The van der Waals surface area contributed by atoms with Crippen molar-refractivity contribution in [3.05, 3.63) is 84.4 Å². The largest absolute Gasteiger partial charge is 0.464 e. The standard InChI is InChI=1S/C26H23N3O3/c1-3-23(25(31)18-11-5-4-6-12-18)32-26-24(28-21-15-9-10-16-22(21)29-26)19-13-7-8-14-20(19)27-17(2)30/h4-16,23H,3H2,1-2H3,(H,27,30)/t23-/m0/s1. The Morgan fingerprint density at radius 3 is 2.19 bits per heavy atom. The maximum Gasteiger partial charge on any atom is 0.242 e. The summed E-state index contributed by atoms with van der Waals surface area (Å²) in [5, 5.41) is 2.83. The fourth-order valence-corrected chi connectivity index (χ4v) is 3.48. The van der Waals surface area contributed by atoms with E-state index in [-0.39, 0.29) is 17.6 Å². The van der Waals surface area contributed by atoms with Gasteiger partial charge in [-0.3, -0.25) is 9.59 Å². The van der Waals surface area contributed by atoms with Crippen LogP contribution in [0.1, 0.15) is 30.6 Å². The maximum absolute atomic E-state index is 13.1. The SMILES string of the molecule is CC[C@H](Oc1nc2ccccc2nc1-c1ccccc1NC(C)=O)C(=O)c1ccccc1. The summed E-state index contributed by atoms with van der Waals surface area (Å²) >= 11 is 0. The Balaban J connectivity index is 1.82. The van der Waals surface area contributed by atoms with Gasteiger partial charge in [-0.1, -0.05) is 67.6 Å². The minimum atomic E-state index is -0.723. The summed E-state index contributed by atoms with van der Waals surface area (Å²) in [6.45, 7) is 3.34. The summed E-state index contributed by atoms with van der Waals surface area (Å²) in [6, 6.07) is 23.8. The van der Waals surface area contributed by atoms with Crippen molar-refractivity contribution in [2.24, 2.45) is 0 Å². The monoisotopic (exact) mass is 425 g/mol. The van der Waals surface area contributed by atoms with Crippen LogP contribution < -0.4 is 10.1 Å². The third-order valence-electron chi connectivity index (χ3n) is 5.01. The summed E-state index contributed by atoms with van der Waals surface area (Å²) in [4.78, 5) is 34.3. The molecule has 0 aliphatic rings. The van der Waals surface area contributed by atoms with E-state index in [1.54, 1.807) is 18.2 Å². The molecular weight excluding hydrogens is 402 g/mol. The van der Waals surface area contributed by atoms with Gasteiger partial charge in [0.05, 0.1) is 16.7 Å². The Labute approximate surface area is 186 Å². The summed E-state index contributed by atoms with van der Waals surface area (Å²) in [5.74, 6) is -0.0684. The molecule has 1 aromatic heterocycles. The van der Waals surface area contributed by atoms with E-state index in [9.17, 15) is 9.59 Å². The van der Waals surface area contributed by atoms with Crippen molar-refractivity contribution >= 4 is 28.4 Å². The Hall–Kier alpha value is -4.06. The smallest absolute Gasteiger partial charge is 0.242 e. The number of ketones is 1. The van der Waals surface area contributed by atoms with Crippen molar-refractivity contribution in [2.75, 3.05) is 5.32 Å². The van der Waals surface area contributed by atoms with Gasteiger partial charge >= 0.3 is 0 Å². The topological polar surface area (TPSA) is 81.2 Å². The third-order valence-corrected chi connectivity index (χ3v) is 5.01. The molecule has 0 radical (unpaired) electrons. The van der Waals surface area contributed by atoms with Gasteiger partial charge in [-0.15, -0.1) is 0 Å². The second-order valence-electron chi connectivity index (χ2n) is 7.34. The second kappa shape index (κ2) is 9.39. The second-order valence-corrected chi connectivity index (χ2v) is 7.34. The highest BCUT2D eigenvalue weighted by atomic mass is 16.5. The molecule has 4 rings (SSSR count). The number of rotatable bonds is 7. The fourth-order valence-electron chi connectivity index (χ4n) is 3.48. The number of para-hydroxylation sites is 3. The minimum absolute atomic E-state index is 0.121. The molecule has 1 N–H and O–H groups in total. The van der Waals surface area contributed by atoms with Gasteiger partial charge in [0, 0.05) is 18.1 Å². The lowest BCUT2D eigenvalue weighted by atomic mass is 10.0. The number of anilines is 1. The molecule has 0 saturated heterocycles. The Morgan fingerprint density at radius 2 is 1.50 bits per heavy atom. The highest BCUT2D eigenvalue weighted by Crippen LogP contribution is 2.34. The molecule has 32 heavy (non-hydrogen) atoms. The molecule has 0 fully saturated rings. The van der Waals surface area contributed by atoms with Gasteiger partial charge < -0.3 is 10.1 Å². The average Bonchev–Trinajstić information content (AvgIpc) is 2.82. The van der Waals surface area contributed by atoms with E-state index in [1.165, 1.54) is 6.92 Å². The first-order valence-electron chi connectivity index (χ1n) is 10.5. The number of carbonyl (C=O) groups is 2. The van der Waals surface area contributed by atoms with Crippen LogP contribution >= 0.6 is 0 Å². The summed E-state index contributed by atoms with van der Waals surface area (Å²) in [5.41, 5.74) is 3.65. The summed E-state index contributed by atoms with van der Waals surface area (Å²) in [6.07, 6.45) is -0.255. The van der Waals surface area contributed by atoms with Gasteiger partial charge in [0.25, 0.3) is 0 Å². The van der Waals surface area contributed by atoms with Gasteiger partial charge in [0.2, 0.25) is 17.6 Å². The molecule has 6 heteroatoms. The van der Waals surface area contributed by atoms with Crippen LogP contribution in [0.5, 0.6) is 5.88 Å². The number of nitrogens with zero attached hydrogens (tertiary/aromatic N) is 2. The number of ether oxygens (including phenoxy) is 1. The zero-order chi connectivity index (χ0) is 22.5. The van der Waals surface area contributed by atoms with Gasteiger partial charge in [-0.05, 0) is 24.6 Å². The molecule has 1 atom stereocenters. The first-order valence-corrected chi connectivity index (χ1v) is 10.5. The van der Waals surface area contributed by atoms with Crippen LogP contribution in [0, 0.1) is 0 Å². The Morgan fingerprint density at radius 1 is 0.875 bits per heavy atom. The van der Waals surface area contributed by atoms with Crippen LogP contribution in [-0.4, -0.2) is 27.8 Å². The Bertz CT molecular complexity index is 1270. The van der Waals surface area contributed by atoms with Crippen molar-refractivity contribution in [3.63, 3.8) is 0 Å². The number of Topliss-reactive ketones (excluding diaryl/α,β-unsaturated/α-hetero) is 1. The molecule has 3 aromatic carbocycles. The number of aromatic nitrogens is 2. The van der Waals surface area contributed by atoms with Crippen molar-refractivity contribution in [2.45, 2.75) is 26.4 Å². The molecule has 160 valence electrons. The molecule has 1 heterocycles. The van der Waals surface area contributed by atoms with Crippen LogP contribution in [0.25, 0.3) is 22.3 Å². The number of benzene rings is 3. The highest BCUT2D eigenvalue weighted by Gasteiger charge is 2.24. The molecule has 4 aromatic rings. The van der Waals surface area contributed by atoms with Crippen LogP contribution in [0.15, 0.2) is 78.9 Å². The predicted molar refractivity (Wildman–Crippen MR) is 125 cm³/mol. The van der Waals surface area contributed by atoms with Crippen LogP contribution in [0.2, 0.25) is 0 Å². The normalized spacial score (nSPS) is 11.7. The number of carbonyl (C=O) groups excluding carboxylic acids is 2. The number of fused-ring (bicyclic) bond motifs is 1.